The lowest BCUT2D eigenvalue weighted by Gasteiger charge is -2.11. The smallest absolute Gasteiger partial charge is 0.267 e. The molecule has 0 atom stereocenters. The van der Waals surface area contributed by atoms with Crippen LogP contribution >= 0.6 is 0 Å². The van der Waals surface area contributed by atoms with E-state index in [4.69, 9.17) is 5.11 Å². The minimum Gasteiger partial charge on any atom is -0.396 e. The molecule has 0 aliphatic carbocycles. The lowest BCUT2D eigenvalue weighted by atomic mass is 10.1. The van der Waals surface area contributed by atoms with Crippen molar-refractivity contribution in [2.75, 3.05) is 13.2 Å². The third-order valence-corrected chi connectivity index (χ3v) is 3.33. The Labute approximate surface area is 145 Å². The molecule has 0 heterocycles. The van der Waals surface area contributed by atoms with Crippen LogP contribution in [0.15, 0.2) is 60.3 Å². The highest BCUT2D eigenvalue weighted by Gasteiger charge is 2.14. The van der Waals surface area contributed by atoms with Crippen molar-refractivity contribution in [3.63, 3.8) is 0 Å². The van der Waals surface area contributed by atoms with Crippen molar-refractivity contribution < 1.29 is 19.1 Å². The zero-order valence-corrected chi connectivity index (χ0v) is 13.5. The van der Waals surface area contributed by atoms with Gasteiger partial charge in [-0.1, -0.05) is 30.3 Å². The molecule has 25 heavy (non-hydrogen) atoms. The highest BCUT2D eigenvalue weighted by Crippen LogP contribution is 2.09. The van der Waals surface area contributed by atoms with E-state index in [-0.39, 0.29) is 24.7 Å². The summed E-state index contributed by atoms with van der Waals surface area (Å²) < 4.78 is 13.0. The number of aliphatic hydroxyl groups excluding tert-OH is 1. The van der Waals surface area contributed by atoms with E-state index in [1.165, 1.54) is 30.3 Å². The summed E-state index contributed by atoms with van der Waals surface area (Å²) in [6, 6.07) is 14.0. The van der Waals surface area contributed by atoms with Gasteiger partial charge in [-0.05, 0) is 42.3 Å². The first-order valence-corrected chi connectivity index (χ1v) is 7.83. The molecule has 0 saturated carbocycles. The van der Waals surface area contributed by atoms with E-state index in [1.54, 1.807) is 30.3 Å². The summed E-state index contributed by atoms with van der Waals surface area (Å²) in [5.41, 5.74) is 1.02. The number of amides is 2. The number of carbonyl (C=O) groups is 2. The molecule has 6 heteroatoms. The van der Waals surface area contributed by atoms with E-state index in [2.05, 4.69) is 10.6 Å². The average Bonchev–Trinajstić information content (AvgIpc) is 2.63. The number of benzene rings is 2. The van der Waals surface area contributed by atoms with Gasteiger partial charge in [0.25, 0.3) is 11.8 Å². The van der Waals surface area contributed by atoms with Gasteiger partial charge in [-0.25, -0.2) is 4.39 Å². The maximum atomic E-state index is 13.0. The molecule has 0 bridgehead atoms. The van der Waals surface area contributed by atoms with Crippen molar-refractivity contribution in [3.8, 4) is 0 Å². The maximum absolute atomic E-state index is 13.0. The molecule has 0 aliphatic heterocycles. The predicted octanol–water partition coefficient (Wildman–Crippen LogP) is 2.10. The monoisotopic (exact) mass is 342 g/mol. The maximum Gasteiger partial charge on any atom is 0.267 e. The third-order valence-electron chi connectivity index (χ3n) is 3.33. The first-order chi connectivity index (χ1) is 12.1. The van der Waals surface area contributed by atoms with Crippen LogP contribution in [0.1, 0.15) is 22.3 Å². The Kier molecular flexibility index (Phi) is 6.86. The topological polar surface area (TPSA) is 78.4 Å². The fourth-order valence-electron chi connectivity index (χ4n) is 2.04. The highest BCUT2D eigenvalue weighted by atomic mass is 19.1. The van der Waals surface area contributed by atoms with Crippen LogP contribution in [0.25, 0.3) is 6.08 Å². The summed E-state index contributed by atoms with van der Waals surface area (Å²) in [7, 11) is 0. The molecule has 0 spiro atoms. The normalized spacial score (nSPS) is 11.0. The van der Waals surface area contributed by atoms with Crippen LogP contribution in [0.4, 0.5) is 4.39 Å². The fraction of sp³-hybridized carbons (Fsp3) is 0.158. The van der Waals surface area contributed by atoms with Gasteiger partial charge in [0, 0.05) is 18.7 Å². The van der Waals surface area contributed by atoms with Gasteiger partial charge in [0.05, 0.1) is 0 Å². The van der Waals surface area contributed by atoms with E-state index < -0.39 is 11.8 Å². The van der Waals surface area contributed by atoms with Crippen molar-refractivity contribution in [2.45, 2.75) is 6.42 Å². The number of hydrogen-bond acceptors (Lipinski definition) is 3. The second-order valence-electron chi connectivity index (χ2n) is 5.26. The summed E-state index contributed by atoms with van der Waals surface area (Å²) >= 11 is 0. The van der Waals surface area contributed by atoms with Crippen molar-refractivity contribution in [2.24, 2.45) is 0 Å². The minimum absolute atomic E-state index is 0.0402. The van der Waals surface area contributed by atoms with Gasteiger partial charge in [0.1, 0.15) is 11.5 Å². The number of carbonyl (C=O) groups excluding carboxylic acids is 2. The zero-order valence-electron chi connectivity index (χ0n) is 13.5. The van der Waals surface area contributed by atoms with E-state index in [1.807, 2.05) is 0 Å². The molecular formula is C19H19FN2O3. The Balaban J connectivity index is 2.20. The fourth-order valence-corrected chi connectivity index (χ4v) is 2.04. The van der Waals surface area contributed by atoms with Crippen molar-refractivity contribution >= 4 is 17.9 Å². The van der Waals surface area contributed by atoms with Crippen LogP contribution in [-0.2, 0) is 4.79 Å². The number of rotatable bonds is 7. The Morgan fingerprint density at radius 2 is 1.72 bits per heavy atom. The van der Waals surface area contributed by atoms with Gasteiger partial charge >= 0.3 is 0 Å². The number of hydrogen-bond donors (Lipinski definition) is 3. The largest absolute Gasteiger partial charge is 0.396 e. The van der Waals surface area contributed by atoms with E-state index in [0.29, 0.717) is 17.5 Å². The lowest BCUT2D eigenvalue weighted by Crippen LogP contribution is -2.35. The molecule has 2 amide bonds. The number of halogens is 1. The van der Waals surface area contributed by atoms with Gasteiger partial charge in [0.15, 0.2) is 0 Å². The second kappa shape index (κ2) is 9.34. The van der Waals surface area contributed by atoms with Crippen LogP contribution in [0.5, 0.6) is 0 Å². The van der Waals surface area contributed by atoms with Crippen molar-refractivity contribution in [1.29, 1.82) is 0 Å². The number of aliphatic hydroxyl groups is 1. The molecule has 130 valence electrons. The van der Waals surface area contributed by atoms with Gasteiger partial charge in [0.2, 0.25) is 0 Å². The molecular weight excluding hydrogens is 323 g/mol. The summed E-state index contributed by atoms with van der Waals surface area (Å²) in [5, 5.41) is 14.0. The zero-order chi connectivity index (χ0) is 18.1. The van der Waals surface area contributed by atoms with Crippen LogP contribution < -0.4 is 10.6 Å². The predicted molar refractivity (Wildman–Crippen MR) is 93.0 cm³/mol. The molecule has 2 rings (SSSR count). The Morgan fingerprint density at radius 3 is 2.36 bits per heavy atom. The first-order valence-electron chi connectivity index (χ1n) is 7.83. The Bertz CT molecular complexity index is 743. The minimum atomic E-state index is -0.484. The van der Waals surface area contributed by atoms with E-state index in [9.17, 15) is 14.0 Å². The molecule has 0 fully saturated rings. The van der Waals surface area contributed by atoms with Crippen LogP contribution in [-0.4, -0.2) is 30.1 Å². The summed E-state index contributed by atoms with van der Waals surface area (Å²) in [6.07, 6.45) is 1.87. The van der Waals surface area contributed by atoms with Crippen LogP contribution in [0.2, 0.25) is 0 Å². The standard InChI is InChI=1S/C19H19FN2O3/c20-16-9-7-14(8-10-16)13-17(19(25)21-11-4-12-23)22-18(24)15-5-2-1-3-6-15/h1-3,5-10,13,23H,4,11-12H2,(H,21,25)(H,22,24)/b17-13+. The SMILES string of the molecule is O=C(NCCCO)/C(=C\c1ccc(F)cc1)NC(=O)c1ccccc1. The first kappa shape index (κ1) is 18.4. The molecule has 0 aliphatic rings. The van der Waals surface area contributed by atoms with Crippen LogP contribution in [0.3, 0.4) is 0 Å². The molecule has 0 radical (unpaired) electrons. The molecule has 3 N–H and O–H groups in total. The second-order valence-corrected chi connectivity index (χ2v) is 5.26. The summed E-state index contributed by atoms with van der Waals surface area (Å²) in [4.78, 5) is 24.6. The highest BCUT2D eigenvalue weighted by molar-refractivity contribution is 6.05. The van der Waals surface area contributed by atoms with Gasteiger partial charge in [-0.2, -0.15) is 0 Å². The molecule has 0 aromatic heterocycles. The van der Waals surface area contributed by atoms with Crippen LogP contribution in [0, 0.1) is 5.82 Å². The van der Waals surface area contributed by atoms with E-state index in [0.717, 1.165) is 0 Å². The molecule has 5 nitrogen and oxygen atoms in total. The molecule has 0 unspecified atom stereocenters. The Hall–Kier alpha value is -2.99. The lowest BCUT2D eigenvalue weighted by molar-refractivity contribution is -0.117. The van der Waals surface area contributed by atoms with Crippen molar-refractivity contribution in [1.82, 2.24) is 10.6 Å². The van der Waals surface area contributed by atoms with Crippen molar-refractivity contribution in [3.05, 3.63) is 77.2 Å². The molecule has 2 aromatic carbocycles. The van der Waals surface area contributed by atoms with Gasteiger partial charge in [-0.15, -0.1) is 0 Å². The van der Waals surface area contributed by atoms with Gasteiger partial charge in [-0.3, -0.25) is 9.59 Å². The van der Waals surface area contributed by atoms with Gasteiger partial charge < -0.3 is 15.7 Å². The average molecular weight is 342 g/mol. The summed E-state index contributed by atoms with van der Waals surface area (Å²) in [6.45, 7) is 0.227. The third kappa shape index (κ3) is 5.86. The number of nitrogens with one attached hydrogen (secondary N) is 2. The molecule has 2 aromatic rings. The quantitative estimate of drug-likeness (QED) is 0.533. The van der Waals surface area contributed by atoms with E-state index >= 15 is 0 Å². The molecule has 0 saturated heterocycles. The summed E-state index contributed by atoms with van der Waals surface area (Å²) in [5.74, 6) is -1.30. The Morgan fingerprint density at radius 1 is 1.04 bits per heavy atom.